The van der Waals surface area contributed by atoms with Gasteiger partial charge in [0.2, 0.25) is 0 Å². The van der Waals surface area contributed by atoms with E-state index in [9.17, 15) is 0 Å². The van der Waals surface area contributed by atoms with Crippen molar-refractivity contribution in [2.24, 2.45) is 0 Å². The Labute approximate surface area is 122 Å². The molecule has 0 amide bonds. The number of aryl methyl sites for hydroxylation is 1. The van der Waals surface area contributed by atoms with Crippen molar-refractivity contribution in [1.82, 2.24) is 0 Å². The molecule has 0 aromatic heterocycles. The van der Waals surface area contributed by atoms with Gasteiger partial charge in [0.1, 0.15) is 5.69 Å². The largest absolute Gasteiger partial charge is 0.279 e. The van der Waals surface area contributed by atoms with Gasteiger partial charge < -0.3 is 0 Å². The zero-order chi connectivity index (χ0) is 14.8. The maximum atomic E-state index is 8.49. The number of benzene rings is 2. The summed E-state index contributed by atoms with van der Waals surface area (Å²) in [5.41, 5.74) is 4.07. The van der Waals surface area contributed by atoms with Gasteiger partial charge in [0.15, 0.2) is 5.69 Å². The lowest BCUT2D eigenvalue weighted by Crippen LogP contribution is -2.72. The van der Waals surface area contributed by atoms with Gasteiger partial charge in [-0.05, 0) is 19.1 Å². The van der Waals surface area contributed by atoms with Crippen molar-refractivity contribution in [3.8, 4) is 0 Å². The van der Waals surface area contributed by atoms with Crippen LogP contribution in [0.5, 0.6) is 0 Å². The summed E-state index contributed by atoms with van der Waals surface area (Å²) in [5, 5.41) is 2.29. The van der Waals surface area contributed by atoms with Crippen LogP contribution in [0, 0.1) is 17.2 Å². The van der Waals surface area contributed by atoms with Crippen LogP contribution >= 0.6 is 11.8 Å². The monoisotopic (exact) mass is 313 g/mol. The molecule has 2 N–H and O–H groups in total. The predicted molar refractivity (Wildman–Crippen MR) is 63.0 cm³/mol. The summed E-state index contributed by atoms with van der Waals surface area (Å²) in [4.78, 5) is 2.73. The molecule has 0 atom stereocenters. The molecule has 0 bridgehead atoms. The first kappa shape index (κ1) is 15.3. The highest BCUT2D eigenvalue weighted by Crippen LogP contribution is 2.39. The van der Waals surface area contributed by atoms with Gasteiger partial charge in [-0.2, -0.15) is 0 Å². The molecule has 0 unspecified atom stereocenters. The van der Waals surface area contributed by atoms with Crippen LogP contribution in [0.15, 0.2) is 52.3 Å². The Morgan fingerprint density at radius 3 is 2.20 bits per heavy atom. The molecule has 20 heavy (non-hydrogen) atoms. The summed E-state index contributed by atoms with van der Waals surface area (Å²) in [6, 6.07) is 15.0. The predicted octanol–water partition coefficient (Wildman–Crippen LogP) is -1.77. The number of fused-ring (bicyclic) bond motifs is 2. The molecule has 5 nitrogen and oxygen atoms in total. The lowest BCUT2D eigenvalue weighted by molar-refractivity contribution is -2.00. The van der Waals surface area contributed by atoms with E-state index in [1.54, 1.807) is 0 Å². The highest BCUT2D eigenvalue weighted by atomic mass is 35.7. The molecule has 0 aliphatic carbocycles. The normalized spacial score (nSPS) is 12.8. The van der Waals surface area contributed by atoms with Crippen molar-refractivity contribution in [2.75, 3.05) is 0 Å². The number of nitrogens with two attached hydrogens (primary N) is 1. The standard InChI is InChI=1S/C13H11NS.ClHO4/c1-9-5-4-8-12-13(9)14-10-6-2-3-7-11(10)15-12;2-1(3,4)5/h2-8,14H,1H3;(H,2,3,4,5). The van der Waals surface area contributed by atoms with Crippen molar-refractivity contribution >= 4 is 23.1 Å². The summed E-state index contributed by atoms with van der Waals surface area (Å²) < 4.78 is 34.0. The molecule has 2 aromatic carbocycles. The molecule has 0 radical (unpaired) electrons. The molecule has 1 heterocycles. The van der Waals surface area contributed by atoms with E-state index in [1.807, 2.05) is 11.8 Å². The molecule has 1 aliphatic heterocycles. The minimum Gasteiger partial charge on any atom is -0.279 e. The molecule has 0 spiro atoms. The summed E-state index contributed by atoms with van der Waals surface area (Å²) in [6.07, 6.45) is 0. The topological polar surface area (TPSA) is 109 Å². The van der Waals surface area contributed by atoms with Gasteiger partial charge in [-0.25, -0.2) is 18.6 Å². The lowest BCUT2D eigenvalue weighted by Gasteiger charge is -2.17. The first-order chi connectivity index (χ1) is 9.34. The Morgan fingerprint density at radius 2 is 1.50 bits per heavy atom. The van der Waals surface area contributed by atoms with Crippen LogP contribution in [0.25, 0.3) is 0 Å². The van der Waals surface area contributed by atoms with Crippen molar-refractivity contribution in [1.29, 1.82) is 0 Å². The minimum atomic E-state index is -4.94. The van der Waals surface area contributed by atoms with Crippen molar-refractivity contribution in [3.05, 3.63) is 48.0 Å². The van der Waals surface area contributed by atoms with Crippen LogP contribution in [-0.4, -0.2) is 0 Å². The molecule has 0 saturated heterocycles. The highest BCUT2D eigenvalue weighted by molar-refractivity contribution is 7.99. The zero-order valence-corrected chi connectivity index (χ0v) is 12.1. The Hall–Kier alpha value is -1.12. The molecule has 0 saturated carbocycles. The first-order valence-corrected chi connectivity index (χ1v) is 7.73. The van der Waals surface area contributed by atoms with Gasteiger partial charge >= 0.3 is 0 Å². The number of quaternary nitrogens is 1. The van der Waals surface area contributed by atoms with E-state index >= 15 is 0 Å². The molecule has 2 aromatic rings. The van der Waals surface area contributed by atoms with E-state index < -0.39 is 10.2 Å². The van der Waals surface area contributed by atoms with Gasteiger partial charge in [-0.3, -0.25) is 5.32 Å². The van der Waals surface area contributed by atoms with E-state index in [4.69, 9.17) is 18.6 Å². The number of para-hydroxylation sites is 2. The van der Waals surface area contributed by atoms with Crippen LogP contribution < -0.4 is 24.0 Å². The second-order valence-electron chi connectivity index (χ2n) is 4.15. The van der Waals surface area contributed by atoms with Crippen LogP contribution in [0.2, 0.25) is 0 Å². The number of rotatable bonds is 0. The fourth-order valence-electron chi connectivity index (χ4n) is 1.89. The van der Waals surface area contributed by atoms with E-state index in [0.29, 0.717) is 0 Å². The minimum absolute atomic E-state index is 1.34. The Morgan fingerprint density at radius 1 is 0.900 bits per heavy atom. The summed E-state index contributed by atoms with van der Waals surface area (Å²) in [6.45, 7) is 2.17. The van der Waals surface area contributed by atoms with Crippen LogP contribution in [-0.2, 0) is 0 Å². The van der Waals surface area contributed by atoms with Crippen LogP contribution in [0.3, 0.4) is 0 Å². The van der Waals surface area contributed by atoms with Gasteiger partial charge in [-0.15, -0.1) is 10.2 Å². The number of halogens is 1. The van der Waals surface area contributed by atoms with E-state index in [2.05, 4.69) is 54.7 Å². The fraction of sp³-hybridized carbons (Fsp3) is 0.0769. The zero-order valence-electron chi connectivity index (χ0n) is 10.5. The summed E-state index contributed by atoms with van der Waals surface area (Å²) in [7, 11) is -4.94. The summed E-state index contributed by atoms with van der Waals surface area (Å²) >= 11 is 1.87. The second kappa shape index (κ2) is 6.11. The van der Waals surface area contributed by atoms with Crippen molar-refractivity contribution in [3.63, 3.8) is 0 Å². The molecule has 1 aliphatic rings. The quantitative estimate of drug-likeness (QED) is 0.494. The third-order valence-electron chi connectivity index (χ3n) is 2.72. The van der Waals surface area contributed by atoms with E-state index in [0.717, 1.165) is 0 Å². The maximum Gasteiger partial charge on any atom is 0.151 e. The Balaban J connectivity index is 0.000000257. The van der Waals surface area contributed by atoms with Gasteiger partial charge in [0, 0.05) is 11.6 Å². The van der Waals surface area contributed by atoms with Gasteiger partial charge in [-0.1, -0.05) is 36.0 Å². The fourth-order valence-corrected chi connectivity index (χ4v) is 3.00. The summed E-state index contributed by atoms with van der Waals surface area (Å²) in [5.74, 6) is 0. The third-order valence-corrected chi connectivity index (χ3v) is 3.89. The molecule has 0 fully saturated rings. The van der Waals surface area contributed by atoms with Crippen LogP contribution in [0.1, 0.15) is 5.56 Å². The molecular weight excluding hydrogens is 302 g/mol. The average Bonchev–Trinajstić information content (AvgIpc) is 2.35. The molecule has 7 heteroatoms. The molecular formula is C13H12ClNO4S. The first-order valence-electron chi connectivity index (χ1n) is 5.67. The average molecular weight is 314 g/mol. The molecule has 3 rings (SSSR count). The second-order valence-corrected chi connectivity index (χ2v) is 5.99. The Bertz CT molecular complexity index is 610. The highest BCUT2D eigenvalue weighted by Gasteiger charge is 2.20. The molecule has 106 valence electrons. The van der Waals surface area contributed by atoms with Gasteiger partial charge in [0.25, 0.3) is 0 Å². The maximum absolute atomic E-state index is 8.49. The van der Waals surface area contributed by atoms with Crippen LogP contribution in [0.4, 0.5) is 11.4 Å². The van der Waals surface area contributed by atoms with Gasteiger partial charge in [0.05, 0.1) is 9.79 Å². The van der Waals surface area contributed by atoms with Crippen molar-refractivity contribution in [2.45, 2.75) is 16.7 Å². The smallest absolute Gasteiger partial charge is 0.151 e. The van der Waals surface area contributed by atoms with Crippen molar-refractivity contribution < 1.29 is 34.2 Å². The number of hydrogen-bond acceptors (Lipinski definition) is 5. The Kier molecular flexibility index (Phi) is 4.66. The van der Waals surface area contributed by atoms with E-state index in [-0.39, 0.29) is 0 Å². The lowest BCUT2D eigenvalue weighted by atomic mass is 10.2. The van der Waals surface area contributed by atoms with E-state index in [1.165, 1.54) is 26.7 Å². The number of hydrogen-bond donors (Lipinski definition) is 1. The SMILES string of the molecule is Cc1cccc2c1[NH2+]c1ccccc1S2.[O-][Cl+3]([O-])([O-])[O-]. The third kappa shape index (κ3) is 4.19.